The van der Waals surface area contributed by atoms with Gasteiger partial charge in [-0.15, -0.1) is 0 Å². The van der Waals surface area contributed by atoms with E-state index in [-0.39, 0.29) is 23.3 Å². The number of para-hydroxylation sites is 1. The number of nitriles is 1. The van der Waals surface area contributed by atoms with Crippen molar-refractivity contribution in [2.75, 3.05) is 22.5 Å². The topological polar surface area (TPSA) is 123 Å². The van der Waals surface area contributed by atoms with Crippen LogP contribution in [-0.2, 0) is 4.79 Å². The van der Waals surface area contributed by atoms with Gasteiger partial charge in [0.15, 0.2) is 0 Å². The lowest BCUT2D eigenvalue weighted by atomic mass is 9.48. The number of rotatable bonds is 6. The van der Waals surface area contributed by atoms with Crippen LogP contribution in [0, 0.1) is 16.7 Å². The van der Waals surface area contributed by atoms with Crippen LogP contribution in [-0.4, -0.2) is 39.2 Å². The minimum Gasteiger partial charge on any atom is -0.390 e. The van der Waals surface area contributed by atoms with Gasteiger partial charge in [-0.1, -0.05) is 18.2 Å². The van der Waals surface area contributed by atoms with Gasteiger partial charge < -0.3 is 21.1 Å². The zero-order valence-corrected chi connectivity index (χ0v) is 17.5. The summed E-state index contributed by atoms with van der Waals surface area (Å²) in [6, 6.07) is 10.1. The summed E-state index contributed by atoms with van der Waals surface area (Å²) in [7, 11) is 0. The highest BCUT2D eigenvalue weighted by Gasteiger charge is 2.57. The molecule has 1 amide bonds. The Balaban J connectivity index is 1.19. The molecule has 1 aliphatic heterocycles. The molecule has 4 N–H and O–H groups in total. The predicted octanol–water partition coefficient (Wildman–Crippen LogP) is 2.99. The average molecular weight is 419 g/mol. The normalized spacial score (nSPS) is 30.5. The van der Waals surface area contributed by atoms with Gasteiger partial charge in [-0.25, -0.2) is 4.98 Å². The number of aromatic nitrogens is 2. The van der Waals surface area contributed by atoms with Crippen molar-refractivity contribution in [2.45, 2.75) is 56.6 Å². The van der Waals surface area contributed by atoms with Crippen LogP contribution < -0.4 is 16.0 Å². The maximum absolute atomic E-state index is 12.3. The Labute approximate surface area is 181 Å². The Morgan fingerprint density at radius 1 is 1.32 bits per heavy atom. The molecule has 0 bridgehead atoms. The van der Waals surface area contributed by atoms with Crippen molar-refractivity contribution in [1.82, 2.24) is 9.97 Å². The average Bonchev–Trinajstić information content (AvgIpc) is 3.01. The number of carbonyl (C=O) groups excluding carboxylic acids is 1. The van der Waals surface area contributed by atoms with Crippen molar-refractivity contribution < 1.29 is 9.90 Å². The van der Waals surface area contributed by atoms with Crippen molar-refractivity contribution in [3.8, 4) is 6.07 Å². The zero-order valence-electron chi connectivity index (χ0n) is 17.5. The summed E-state index contributed by atoms with van der Waals surface area (Å²) in [6.07, 6.45) is 5.81. The quantitative estimate of drug-likeness (QED) is 0.569. The molecule has 2 saturated carbocycles. The third kappa shape index (κ3) is 3.70. The van der Waals surface area contributed by atoms with Crippen LogP contribution in [0.1, 0.15) is 56.1 Å². The Bertz CT molecular complexity index is 1060. The second-order valence-electron chi connectivity index (χ2n) is 9.51. The summed E-state index contributed by atoms with van der Waals surface area (Å²) in [4.78, 5) is 21.0. The fourth-order valence-electron chi connectivity index (χ4n) is 5.68. The lowest BCUT2D eigenvalue weighted by Gasteiger charge is -2.60. The minimum absolute atomic E-state index is 0.0139. The maximum atomic E-state index is 12.3. The standard InChI is InChI=1S/C23H26N6O2/c1-22(31)12-23(13-22)8-15(9-23)27-19-14(10-24)11-26-21(29-19)25-7-6-17-16-4-2-3-5-18(16)28-20(17)30/h2-5,11,15,17,31H,6-9,12-13H2,1H3,(H,28,30)(H2,25,26,27,29). The number of nitrogens with one attached hydrogen (secondary N) is 3. The highest BCUT2D eigenvalue weighted by molar-refractivity contribution is 6.02. The molecule has 0 saturated heterocycles. The van der Waals surface area contributed by atoms with E-state index >= 15 is 0 Å². The van der Waals surface area contributed by atoms with Gasteiger partial charge >= 0.3 is 0 Å². The number of aliphatic hydroxyl groups is 1. The highest BCUT2D eigenvalue weighted by atomic mass is 16.3. The second kappa shape index (κ2) is 7.20. The van der Waals surface area contributed by atoms with E-state index < -0.39 is 5.60 Å². The van der Waals surface area contributed by atoms with Crippen LogP contribution in [0.5, 0.6) is 0 Å². The maximum Gasteiger partial charge on any atom is 0.232 e. The van der Waals surface area contributed by atoms with E-state index in [1.54, 1.807) is 0 Å². The monoisotopic (exact) mass is 418 g/mol. The number of anilines is 3. The summed E-state index contributed by atoms with van der Waals surface area (Å²) in [5, 5.41) is 28.9. The van der Waals surface area contributed by atoms with Crippen molar-refractivity contribution in [3.05, 3.63) is 41.6 Å². The molecule has 3 aliphatic rings. The predicted molar refractivity (Wildman–Crippen MR) is 117 cm³/mol. The van der Waals surface area contributed by atoms with Crippen molar-refractivity contribution in [1.29, 1.82) is 5.26 Å². The molecular formula is C23H26N6O2. The summed E-state index contributed by atoms with van der Waals surface area (Å²) in [6.45, 7) is 2.43. The molecular weight excluding hydrogens is 392 g/mol. The Hall–Kier alpha value is -3.18. The Morgan fingerprint density at radius 3 is 2.84 bits per heavy atom. The van der Waals surface area contributed by atoms with Crippen LogP contribution in [0.15, 0.2) is 30.5 Å². The van der Waals surface area contributed by atoms with Gasteiger partial charge in [0.2, 0.25) is 11.9 Å². The summed E-state index contributed by atoms with van der Waals surface area (Å²) in [5.74, 6) is 0.800. The molecule has 1 aromatic carbocycles. The first-order chi connectivity index (χ1) is 14.9. The van der Waals surface area contributed by atoms with Crippen molar-refractivity contribution in [3.63, 3.8) is 0 Å². The first-order valence-corrected chi connectivity index (χ1v) is 10.8. The molecule has 2 aliphatic carbocycles. The molecule has 2 fully saturated rings. The van der Waals surface area contributed by atoms with E-state index in [4.69, 9.17) is 0 Å². The van der Waals surface area contributed by atoms with E-state index in [1.165, 1.54) is 6.20 Å². The molecule has 1 spiro atoms. The fourth-order valence-corrected chi connectivity index (χ4v) is 5.68. The lowest BCUT2D eigenvalue weighted by molar-refractivity contribution is -0.154. The van der Waals surface area contributed by atoms with Crippen LogP contribution in [0.3, 0.4) is 0 Å². The number of nitrogens with zero attached hydrogens (tertiary/aromatic N) is 3. The number of hydrogen-bond acceptors (Lipinski definition) is 7. The minimum atomic E-state index is -0.522. The molecule has 1 atom stereocenters. The second-order valence-corrected chi connectivity index (χ2v) is 9.51. The van der Waals surface area contributed by atoms with E-state index in [2.05, 4.69) is 32.0 Å². The van der Waals surface area contributed by atoms with Crippen molar-refractivity contribution >= 4 is 23.4 Å². The number of amides is 1. The third-order valence-corrected chi connectivity index (χ3v) is 6.75. The highest BCUT2D eigenvalue weighted by Crippen LogP contribution is 2.60. The van der Waals surface area contributed by atoms with Gasteiger partial charge in [-0.3, -0.25) is 4.79 Å². The molecule has 31 heavy (non-hydrogen) atoms. The fraction of sp³-hybridized carbons (Fsp3) is 0.478. The number of fused-ring (bicyclic) bond motifs is 1. The van der Waals surface area contributed by atoms with E-state index in [1.807, 2.05) is 31.2 Å². The summed E-state index contributed by atoms with van der Waals surface area (Å²) in [5.41, 5.74) is 2.04. The summed E-state index contributed by atoms with van der Waals surface area (Å²) >= 11 is 0. The third-order valence-electron chi connectivity index (χ3n) is 6.75. The SMILES string of the molecule is CC1(O)CC2(CC(Nc3nc(NCCC4C(=O)Nc5ccccc54)ncc3C#N)C2)C1. The first kappa shape index (κ1) is 19.8. The number of benzene rings is 1. The van der Waals surface area contributed by atoms with Gasteiger partial charge in [0, 0.05) is 18.3 Å². The van der Waals surface area contributed by atoms with Crippen LogP contribution in [0.2, 0.25) is 0 Å². The van der Waals surface area contributed by atoms with Gasteiger partial charge in [0.25, 0.3) is 0 Å². The summed E-state index contributed by atoms with van der Waals surface area (Å²) < 4.78 is 0. The van der Waals surface area contributed by atoms with E-state index in [0.29, 0.717) is 30.3 Å². The first-order valence-electron chi connectivity index (χ1n) is 10.8. The number of hydrogen-bond donors (Lipinski definition) is 4. The van der Waals surface area contributed by atoms with Gasteiger partial charge in [-0.05, 0) is 56.1 Å². The van der Waals surface area contributed by atoms with E-state index in [9.17, 15) is 15.2 Å². The molecule has 1 aromatic heterocycles. The van der Waals surface area contributed by atoms with Gasteiger partial charge in [0.05, 0.1) is 17.7 Å². The molecule has 2 aromatic rings. The molecule has 8 heteroatoms. The van der Waals surface area contributed by atoms with Crippen molar-refractivity contribution in [2.24, 2.45) is 5.41 Å². The van der Waals surface area contributed by atoms with Crippen LogP contribution in [0.4, 0.5) is 17.5 Å². The molecule has 5 rings (SSSR count). The number of carbonyl (C=O) groups is 1. The molecule has 2 heterocycles. The molecule has 160 valence electrons. The van der Waals surface area contributed by atoms with Crippen LogP contribution in [0.25, 0.3) is 0 Å². The Morgan fingerprint density at radius 2 is 2.10 bits per heavy atom. The molecule has 1 unspecified atom stereocenters. The largest absolute Gasteiger partial charge is 0.390 e. The van der Waals surface area contributed by atoms with Gasteiger partial charge in [0.1, 0.15) is 17.5 Å². The lowest BCUT2D eigenvalue weighted by Crippen LogP contribution is -2.59. The van der Waals surface area contributed by atoms with Gasteiger partial charge in [-0.2, -0.15) is 10.2 Å². The zero-order chi connectivity index (χ0) is 21.6. The smallest absolute Gasteiger partial charge is 0.232 e. The van der Waals surface area contributed by atoms with Crippen LogP contribution >= 0.6 is 0 Å². The molecule has 0 radical (unpaired) electrons. The molecule has 8 nitrogen and oxygen atoms in total. The Kier molecular flexibility index (Phi) is 4.59. The van der Waals surface area contributed by atoms with E-state index in [0.717, 1.165) is 36.9 Å².